The molecule has 0 aliphatic heterocycles. The van der Waals surface area contributed by atoms with Gasteiger partial charge in [0.2, 0.25) is 5.75 Å². The van der Waals surface area contributed by atoms with Gasteiger partial charge in [-0.1, -0.05) is 29.3 Å². The Morgan fingerprint density at radius 3 is 2.45 bits per heavy atom. The molecule has 0 saturated heterocycles. The second-order valence-corrected chi connectivity index (χ2v) is 4.95. The van der Waals surface area contributed by atoms with Gasteiger partial charge >= 0.3 is 5.69 Å². The second kappa shape index (κ2) is 6.31. The summed E-state index contributed by atoms with van der Waals surface area (Å²) < 4.78 is 5.48. The fraction of sp³-hybridized carbons (Fsp3) is 0.0769. The molecule has 0 spiro atoms. The summed E-state index contributed by atoms with van der Waals surface area (Å²) in [6, 6.07) is 9.15. The van der Waals surface area contributed by atoms with E-state index in [4.69, 9.17) is 39.5 Å². The third kappa shape index (κ3) is 3.33. The first-order valence-electron chi connectivity index (χ1n) is 5.47. The van der Waals surface area contributed by atoms with E-state index in [1.54, 1.807) is 18.2 Å². The average molecular weight is 333 g/mol. The number of nitro benzene ring substituents is 1. The van der Waals surface area contributed by atoms with Crippen LogP contribution in [-0.4, -0.2) is 4.92 Å². The van der Waals surface area contributed by atoms with Gasteiger partial charge in [-0.25, -0.2) is 0 Å². The molecule has 0 amide bonds. The smallest absolute Gasteiger partial charge is 0.311 e. The van der Waals surface area contributed by atoms with Crippen LogP contribution in [0.25, 0.3) is 0 Å². The van der Waals surface area contributed by atoms with Gasteiger partial charge in [-0.3, -0.25) is 10.1 Å². The van der Waals surface area contributed by atoms with Crippen molar-refractivity contribution in [2.75, 3.05) is 0 Å². The van der Waals surface area contributed by atoms with Gasteiger partial charge in [0.15, 0.2) is 0 Å². The first-order chi connectivity index (χ1) is 9.51. The van der Waals surface area contributed by atoms with E-state index in [0.717, 1.165) is 0 Å². The molecule has 2 aromatic rings. The number of nitro groups is 1. The molecule has 104 valence electrons. The normalized spacial score (nSPS) is 10.3. The molecule has 20 heavy (non-hydrogen) atoms. The van der Waals surface area contributed by atoms with Crippen LogP contribution >= 0.6 is 34.8 Å². The van der Waals surface area contributed by atoms with Crippen LogP contribution in [0, 0.1) is 10.1 Å². The lowest BCUT2D eigenvalue weighted by Gasteiger charge is -2.08. The van der Waals surface area contributed by atoms with Gasteiger partial charge in [-0.05, 0) is 23.8 Å². The monoisotopic (exact) mass is 331 g/mol. The van der Waals surface area contributed by atoms with E-state index in [9.17, 15) is 10.1 Å². The highest BCUT2D eigenvalue weighted by molar-refractivity contribution is 6.42. The molecule has 0 aliphatic carbocycles. The fourth-order valence-corrected chi connectivity index (χ4v) is 2.00. The summed E-state index contributed by atoms with van der Waals surface area (Å²) in [6.07, 6.45) is 0. The summed E-state index contributed by atoms with van der Waals surface area (Å²) in [6.45, 7) is 0. The Morgan fingerprint density at radius 2 is 1.85 bits per heavy atom. The molecular formula is C13H8Cl3NO3. The zero-order valence-corrected chi connectivity index (χ0v) is 12.2. The molecule has 0 aromatic heterocycles. The Hall–Kier alpha value is -1.49. The van der Waals surface area contributed by atoms with Crippen LogP contribution in [0.3, 0.4) is 0 Å². The third-order valence-electron chi connectivity index (χ3n) is 2.49. The SMILES string of the molecule is O=[N+]([O-])c1cc(CCl)ccc1Oc1ccc(Cl)c(Cl)c1. The lowest BCUT2D eigenvalue weighted by Crippen LogP contribution is -1.95. The van der Waals surface area contributed by atoms with E-state index < -0.39 is 4.92 Å². The van der Waals surface area contributed by atoms with Crippen molar-refractivity contribution in [2.24, 2.45) is 0 Å². The minimum Gasteiger partial charge on any atom is -0.450 e. The van der Waals surface area contributed by atoms with E-state index in [1.807, 2.05) is 0 Å². The molecule has 0 aliphatic rings. The summed E-state index contributed by atoms with van der Waals surface area (Å²) in [5, 5.41) is 11.7. The zero-order chi connectivity index (χ0) is 14.7. The van der Waals surface area contributed by atoms with Gasteiger partial charge in [-0.15, -0.1) is 11.6 Å². The Labute approximate surface area is 130 Å². The second-order valence-electron chi connectivity index (χ2n) is 3.87. The van der Waals surface area contributed by atoms with Crippen molar-refractivity contribution in [1.82, 2.24) is 0 Å². The molecular weight excluding hydrogens is 325 g/mol. The van der Waals surface area contributed by atoms with Crippen molar-refractivity contribution in [2.45, 2.75) is 5.88 Å². The standard InChI is InChI=1S/C13H8Cl3NO3/c14-7-8-1-4-13(12(5-8)17(18)19)20-9-2-3-10(15)11(16)6-9/h1-6H,7H2. The number of ether oxygens (including phenoxy) is 1. The molecule has 4 nitrogen and oxygen atoms in total. The number of alkyl halides is 1. The van der Waals surface area contributed by atoms with Crippen LogP contribution in [0.15, 0.2) is 36.4 Å². The van der Waals surface area contributed by atoms with Gasteiger partial charge in [0.25, 0.3) is 0 Å². The van der Waals surface area contributed by atoms with Crippen molar-refractivity contribution in [1.29, 1.82) is 0 Å². The van der Waals surface area contributed by atoms with Crippen molar-refractivity contribution < 1.29 is 9.66 Å². The Balaban J connectivity index is 2.37. The van der Waals surface area contributed by atoms with Crippen LogP contribution in [0.2, 0.25) is 10.0 Å². The van der Waals surface area contributed by atoms with Crippen molar-refractivity contribution in [3.63, 3.8) is 0 Å². The molecule has 2 aromatic carbocycles. The lowest BCUT2D eigenvalue weighted by atomic mass is 10.2. The number of benzene rings is 2. The third-order valence-corrected chi connectivity index (χ3v) is 3.54. The van der Waals surface area contributed by atoms with E-state index in [1.165, 1.54) is 18.2 Å². The maximum absolute atomic E-state index is 11.0. The minimum atomic E-state index is -0.525. The fourth-order valence-electron chi connectivity index (χ4n) is 1.54. The first-order valence-corrected chi connectivity index (χ1v) is 6.76. The van der Waals surface area contributed by atoms with Gasteiger partial charge in [0, 0.05) is 18.0 Å². The summed E-state index contributed by atoms with van der Waals surface area (Å²) in [5.74, 6) is 0.664. The van der Waals surface area contributed by atoms with E-state index in [2.05, 4.69) is 0 Å². The quantitative estimate of drug-likeness (QED) is 0.426. The zero-order valence-electron chi connectivity index (χ0n) is 9.98. The molecule has 0 N–H and O–H groups in total. The molecule has 7 heteroatoms. The Morgan fingerprint density at radius 1 is 1.10 bits per heavy atom. The number of hydrogen-bond donors (Lipinski definition) is 0. The van der Waals surface area contributed by atoms with Gasteiger partial charge < -0.3 is 4.74 Å². The van der Waals surface area contributed by atoms with E-state index >= 15 is 0 Å². The molecule has 0 radical (unpaired) electrons. The van der Waals surface area contributed by atoms with Crippen molar-refractivity contribution >= 4 is 40.5 Å². The van der Waals surface area contributed by atoms with Gasteiger partial charge in [-0.2, -0.15) is 0 Å². The van der Waals surface area contributed by atoms with Crippen LogP contribution in [0.4, 0.5) is 5.69 Å². The first kappa shape index (κ1) is 14.9. The molecule has 0 heterocycles. The topological polar surface area (TPSA) is 52.4 Å². The highest BCUT2D eigenvalue weighted by Gasteiger charge is 2.17. The minimum absolute atomic E-state index is 0.113. The highest BCUT2D eigenvalue weighted by Crippen LogP contribution is 2.34. The largest absolute Gasteiger partial charge is 0.450 e. The molecule has 0 bridgehead atoms. The van der Waals surface area contributed by atoms with Gasteiger partial charge in [0.05, 0.1) is 15.0 Å². The maximum Gasteiger partial charge on any atom is 0.311 e. The predicted molar refractivity (Wildman–Crippen MR) is 79.2 cm³/mol. The summed E-state index contributed by atoms with van der Waals surface area (Å²) in [4.78, 5) is 10.5. The number of hydrogen-bond acceptors (Lipinski definition) is 3. The Kier molecular flexibility index (Phi) is 4.70. The summed E-state index contributed by atoms with van der Waals surface area (Å²) in [5.41, 5.74) is 0.481. The molecule has 2 rings (SSSR count). The van der Waals surface area contributed by atoms with E-state index in [-0.39, 0.29) is 17.3 Å². The van der Waals surface area contributed by atoms with Crippen molar-refractivity contribution in [3.05, 3.63) is 62.1 Å². The summed E-state index contributed by atoms with van der Waals surface area (Å²) in [7, 11) is 0. The van der Waals surface area contributed by atoms with E-state index in [0.29, 0.717) is 21.4 Å². The number of nitrogens with zero attached hydrogens (tertiary/aromatic N) is 1. The van der Waals surface area contributed by atoms with Crippen molar-refractivity contribution in [3.8, 4) is 11.5 Å². The number of halogens is 3. The van der Waals surface area contributed by atoms with Crippen LogP contribution in [0.5, 0.6) is 11.5 Å². The molecule has 0 fully saturated rings. The predicted octanol–water partition coefficient (Wildman–Crippen LogP) is 5.43. The van der Waals surface area contributed by atoms with Gasteiger partial charge in [0.1, 0.15) is 5.75 Å². The van der Waals surface area contributed by atoms with Crippen LogP contribution < -0.4 is 4.74 Å². The number of rotatable bonds is 4. The highest BCUT2D eigenvalue weighted by atomic mass is 35.5. The average Bonchev–Trinajstić information content (AvgIpc) is 2.43. The maximum atomic E-state index is 11.0. The molecule has 0 atom stereocenters. The lowest BCUT2D eigenvalue weighted by molar-refractivity contribution is -0.385. The molecule has 0 saturated carbocycles. The summed E-state index contributed by atoms with van der Waals surface area (Å²) >= 11 is 17.3. The molecule has 0 unspecified atom stereocenters. The Bertz CT molecular complexity index is 661. The van der Waals surface area contributed by atoms with Crippen LogP contribution in [0.1, 0.15) is 5.56 Å². The van der Waals surface area contributed by atoms with Crippen LogP contribution in [-0.2, 0) is 5.88 Å².